The van der Waals surface area contributed by atoms with Gasteiger partial charge in [0.15, 0.2) is 0 Å². The molecule has 1 aromatic heterocycles. The number of fused-ring (bicyclic) bond motifs is 4. The van der Waals surface area contributed by atoms with Crippen LogP contribution in [0.4, 0.5) is 5.69 Å². The van der Waals surface area contributed by atoms with Crippen molar-refractivity contribution in [2.45, 2.75) is 81.5 Å². The van der Waals surface area contributed by atoms with Gasteiger partial charge in [0.05, 0.1) is 23.6 Å². The maximum atomic E-state index is 13.7. The second kappa shape index (κ2) is 12.9. The number of nitrogens with zero attached hydrogens (tertiary/aromatic N) is 3. The molecule has 10 nitrogen and oxygen atoms in total. The van der Waals surface area contributed by atoms with Crippen LogP contribution in [0.3, 0.4) is 0 Å². The molecular weight excluding hydrogens is 640 g/mol. The molecule has 12 heteroatoms. The number of benzene rings is 2. The highest BCUT2D eigenvalue weighted by atomic mass is 35.5. The number of hydrogen-bond acceptors (Lipinski definition) is 9. The van der Waals surface area contributed by atoms with Crippen molar-refractivity contribution in [1.29, 1.82) is 0 Å². The molecule has 47 heavy (non-hydrogen) atoms. The fraction of sp³-hybridized carbons (Fsp3) is 0.514. The molecule has 3 heterocycles. The maximum absolute atomic E-state index is 13.7. The highest BCUT2D eigenvalue weighted by Gasteiger charge is 2.44. The van der Waals surface area contributed by atoms with Gasteiger partial charge in [0.2, 0.25) is 21.8 Å². The van der Waals surface area contributed by atoms with Gasteiger partial charge in [0.25, 0.3) is 5.91 Å². The Morgan fingerprint density at radius 3 is 2.81 bits per heavy atom. The number of carbonyl (C=O) groups is 1. The molecule has 0 saturated heterocycles. The first kappa shape index (κ1) is 32.2. The van der Waals surface area contributed by atoms with E-state index in [0.717, 1.165) is 42.8 Å². The average molecular weight is 681 g/mol. The van der Waals surface area contributed by atoms with Crippen molar-refractivity contribution in [1.82, 2.24) is 14.9 Å². The highest BCUT2D eigenvalue weighted by Crippen LogP contribution is 2.46. The van der Waals surface area contributed by atoms with E-state index in [9.17, 15) is 18.3 Å². The number of aliphatic hydroxyl groups is 1. The molecule has 1 fully saturated rings. The molecule has 2 aliphatic carbocycles. The molecule has 1 spiro atoms. The summed E-state index contributed by atoms with van der Waals surface area (Å²) in [5.74, 6) is 1.08. The van der Waals surface area contributed by atoms with Crippen molar-refractivity contribution in [3.05, 3.63) is 82.0 Å². The summed E-state index contributed by atoms with van der Waals surface area (Å²) in [4.78, 5) is 15.9. The van der Waals surface area contributed by atoms with Crippen LogP contribution in [-0.4, -0.2) is 60.7 Å². The first-order valence-electron chi connectivity index (χ1n) is 16.6. The molecule has 2 bridgehead atoms. The number of halogens is 1. The van der Waals surface area contributed by atoms with Crippen molar-refractivity contribution in [3.63, 3.8) is 0 Å². The predicted molar refractivity (Wildman–Crippen MR) is 178 cm³/mol. The summed E-state index contributed by atoms with van der Waals surface area (Å²) >= 11 is 6.41. The zero-order valence-corrected chi connectivity index (χ0v) is 28.1. The van der Waals surface area contributed by atoms with Crippen LogP contribution in [0.25, 0.3) is 0 Å². The number of anilines is 1. The lowest BCUT2D eigenvalue weighted by atomic mass is 9.68. The number of aromatic nitrogens is 2. The quantitative estimate of drug-likeness (QED) is 0.353. The molecule has 1 saturated carbocycles. The number of sulfonamides is 1. The van der Waals surface area contributed by atoms with Gasteiger partial charge in [-0.25, -0.2) is 13.1 Å². The summed E-state index contributed by atoms with van der Waals surface area (Å²) < 4.78 is 41.7. The van der Waals surface area contributed by atoms with Crippen LogP contribution in [0.1, 0.15) is 78.2 Å². The van der Waals surface area contributed by atoms with Gasteiger partial charge in [-0.05, 0) is 105 Å². The van der Waals surface area contributed by atoms with Crippen molar-refractivity contribution in [3.8, 4) is 5.75 Å². The maximum Gasteiger partial charge on any atom is 0.264 e. The summed E-state index contributed by atoms with van der Waals surface area (Å²) in [7, 11) is -4.08. The van der Waals surface area contributed by atoms with Crippen LogP contribution in [0.2, 0.25) is 5.02 Å². The number of nitrogens with one attached hydrogen (secondary N) is 1. The van der Waals surface area contributed by atoms with Gasteiger partial charge in [-0.2, -0.15) is 0 Å². The fourth-order valence-electron chi connectivity index (χ4n) is 7.92. The smallest absolute Gasteiger partial charge is 0.264 e. The number of allylic oxidation sites excluding steroid dienone is 1. The van der Waals surface area contributed by atoms with E-state index in [1.807, 2.05) is 18.2 Å². The van der Waals surface area contributed by atoms with E-state index in [-0.39, 0.29) is 42.1 Å². The van der Waals surface area contributed by atoms with Crippen LogP contribution in [0.15, 0.2) is 53.0 Å². The standard InChI is InChI=1S/C35H41ClN4O6S/c1-22-37-38-33(46-22)15-11-27-6-2-3-7-31(41)28-12-8-25(28)19-40-20-35(16-4-5-23-17-26(36)10-13-29(23)35)21-45-32-14-9-24(18-30(32)40)34(42)39-47(27,43)44/h3,7,9-10,13-14,17-18,25,27-28,31,41H,2,4-6,8,11-12,15-16,19-21H2,1H3,(H,39,42)/b7-3-/t25-,27+,28+,31-,35-/m0/s1. The number of aryl methyl sites for hydroxylation is 3. The number of amides is 1. The molecule has 2 N–H and O–H groups in total. The SMILES string of the molecule is Cc1nnc(CC[C@H]2CC/C=C\[C@H](O)[C@@H]3CC[C@H]3CN3C[C@@]4(CCCc5cc(Cl)ccc54)COc4ccc(cc43)C(=O)NS2(=O)=O)o1. The Morgan fingerprint density at radius 2 is 2.02 bits per heavy atom. The van der Waals surface area contributed by atoms with Gasteiger partial charge in [-0.15, -0.1) is 10.2 Å². The molecular formula is C35H41ClN4O6S. The van der Waals surface area contributed by atoms with E-state index in [0.29, 0.717) is 43.6 Å². The lowest BCUT2D eigenvalue weighted by Crippen LogP contribution is -2.49. The zero-order chi connectivity index (χ0) is 32.8. The third-order valence-corrected chi connectivity index (χ3v) is 12.6. The van der Waals surface area contributed by atoms with Gasteiger partial charge < -0.3 is 19.2 Å². The predicted octanol–water partition coefficient (Wildman–Crippen LogP) is 5.30. The Bertz CT molecular complexity index is 1790. The van der Waals surface area contributed by atoms with E-state index in [1.165, 1.54) is 11.1 Å². The zero-order valence-electron chi connectivity index (χ0n) is 26.5. The van der Waals surface area contributed by atoms with Crippen LogP contribution in [0, 0.1) is 18.8 Å². The first-order valence-corrected chi connectivity index (χ1v) is 18.5. The van der Waals surface area contributed by atoms with Crippen LogP contribution in [-0.2, 0) is 28.3 Å². The molecule has 7 rings (SSSR count). The Kier molecular flexibility index (Phi) is 8.82. The molecule has 0 radical (unpaired) electrons. The highest BCUT2D eigenvalue weighted by molar-refractivity contribution is 7.90. The summed E-state index contributed by atoms with van der Waals surface area (Å²) in [6, 6.07) is 11.3. The fourth-order valence-corrected chi connectivity index (χ4v) is 9.53. The normalized spacial score (nSPS) is 29.4. The van der Waals surface area contributed by atoms with Crippen LogP contribution in [0.5, 0.6) is 5.75 Å². The third kappa shape index (κ3) is 6.54. The monoisotopic (exact) mass is 680 g/mol. The lowest BCUT2D eigenvalue weighted by Gasteiger charge is -2.45. The number of carbonyl (C=O) groups excluding carboxylic acids is 1. The Balaban J connectivity index is 1.24. The summed E-state index contributed by atoms with van der Waals surface area (Å²) in [6.07, 6.45) is 9.06. The minimum atomic E-state index is -4.08. The number of hydrogen-bond donors (Lipinski definition) is 2. The van der Waals surface area contributed by atoms with Crippen molar-refractivity contribution in [2.75, 3.05) is 24.6 Å². The number of rotatable bonds is 3. The molecule has 4 aliphatic rings. The second-order valence-corrected chi connectivity index (χ2v) is 16.0. The Morgan fingerprint density at radius 1 is 1.15 bits per heavy atom. The lowest BCUT2D eigenvalue weighted by molar-refractivity contribution is 0.0456. The Labute approximate surface area is 280 Å². The van der Waals surface area contributed by atoms with E-state index in [1.54, 1.807) is 25.1 Å². The molecule has 2 aliphatic heterocycles. The molecule has 3 aromatic rings. The van der Waals surface area contributed by atoms with Crippen molar-refractivity contribution in [2.24, 2.45) is 11.8 Å². The summed E-state index contributed by atoms with van der Waals surface area (Å²) in [6.45, 7) is 3.52. The van der Waals surface area contributed by atoms with Gasteiger partial charge in [-0.1, -0.05) is 29.8 Å². The minimum absolute atomic E-state index is 0.0898. The van der Waals surface area contributed by atoms with Crippen LogP contribution < -0.4 is 14.4 Å². The number of aliphatic hydroxyl groups excluding tert-OH is 1. The third-order valence-electron chi connectivity index (χ3n) is 10.6. The topological polar surface area (TPSA) is 135 Å². The van der Waals surface area contributed by atoms with E-state index in [4.69, 9.17) is 20.8 Å². The average Bonchev–Trinajstić information content (AvgIpc) is 3.37. The molecule has 250 valence electrons. The van der Waals surface area contributed by atoms with Gasteiger partial charge >= 0.3 is 0 Å². The van der Waals surface area contributed by atoms with Crippen molar-refractivity contribution >= 4 is 33.2 Å². The van der Waals surface area contributed by atoms with E-state index in [2.05, 4.69) is 32.0 Å². The molecule has 0 unspecified atom stereocenters. The first-order chi connectivity index (χ1) is 22.6. The van der Waals surface area contributed by atoms with Gasteiger partial charge in [-0.3, -0.25) is 4.79 Å². The minimum Gasteiger partial charge on any atom is -0.490 e. The van der Waals surface area contributed by atoms with Gasteiger partial charge in [0.1, 0.15) is 5.75 Å². The van der Waals surface area contributed by atoms with E-state index >= 15 is 0 Å². The molecule has 1 amide bonds. The van der Waals surface area contributed by atoms with Crippen molar-refractivity contribution < 1.29 is 27.5 Å². The molecule has 5 atom stereocenters. The Hall–Kier alpha value is -3.41. The summed E-state index contributed by atoms with van der Waals surface area (Å²) in [5, 5.41) is 18.9. The largest absolute Gasteiger partial charge is 0.490 e. The van der Waals surface area contributed by atoms with E-state index < -0.39 is 27.3 Å². The van der Waals surface area contributed by atoms with Gasteiger partial charge in [0, 0.05) is 42.4 Å². The second-order valence-electron chi connectivity index (χ2n) is 13.6. The number of ether oxygens (including phenoxy) is 1. The van der Waals surface area contributed by atoms with Crippen LogP contribution >= 0.6 is 11.6 Å². The summed E-state index contributed by atoms with van der Waals surface area (Å²) in [5.41, 5.74) is 3.21. The molecule has 2 aromatic carbocycles.